The fourth-order valence-electron chi connectivity index (χ4n) is 4.21. The van der Waals surface area contributed by atoms with Gasteiger partial charge in [0.15, 0.2) is 0 Å². The molecular weight excluding hydrogens is 340 g/mol. The summed E-state index contributed by atoms with van der Waals surface area (Å²) in [6.07, 6.45) is 3.15. The lowest BCUT2D eigenvalue weighted by molar-refractivity contribution is -0.147. The fraction of sp³-hybridized carbons (Fsp3) is 0.476. The van der Waals surface area contributed by atoms with Gasteiger partial charge in [-0.15, -0.1) is 0 Å². The van der Waals surface area contributed by atoms with Gasteiger partial charge in [-0.3, -0.25) is 14.6 Å². The first kappa shape index (κ1) is 17.9. The van der Waals surface area contributed by atoms with E-state index in [4.69, 9.17) is 0 Å². The zero-order chi connectivity index (χ0) is 19.0. The number of amides is 2. The number of rotatable bonds is 5. The van der Waals surface area contributed by atoms with Crippen LogP contribution in [0.25, 0.3) is 10.9 Å². The van der Waals surface area contributed by atoms with Crippen LogP contribution < -0.4 is 10.6 Å². The fourth-order valence-corrected chi connectivity index (χ4v) is 4.21. The highest BCUT2D eigenvalue weighted by Gasteiger charge is 2.46. The van der Waals surface area contributed by atoms with Gasteiger partial charge in [0.2, 0.25) is 11.8 Å². The molecule has 1 aromatic heterocycles. The van der Waals surface area contributed by atoms with E-state index in [2.05, 4.69) is 41.6 Å². The van der Waals surface area contributed by atoms with Gasteiger partial charge in [0.25, 0.3) is 0 Å². The van der Waals surface area contributed by atoms with Gasteiger partial charge in [0.05, 0.1) is 5.52 Å². The number of hydrogen-bond acceptors (Lipinski definition) is 4. The summed E-state index contributed by atoms with van der Waals surface area (Å²) in [5, 5.41) is 7.60. The molecule has 4 rings (SSSR count). The van der Waals surface area contributed by atoms with Crippen molar-refractivity contribution in [3.63, 3.8) is 0 Å². The third-order valence-corrected chi connectivity index (χ3v) is 5.53. The van der Waals surface area contributed by atoms with Crippen LogP contribution >= 0.6 is 0 Å². The van der Waals surface area contributed by atoms with Crippen molar-refractivity contribution in [3.05, 3.63) is 42.1 Å². The molecular formula is C21H26N4O2. The van der Waals surface area contributed by atoms with E-state index in [9.17, 15) is 9.59 Å². The number of pyridine rings is 1. The first-order valence-corrected chi connectivity index (χ1v) is 9.70. The molecule has 2 N–H and O–H groups in total. The van der Waals surface area contributed by atoms with Crippen molar-refractivity contribution >= 4 is 22.7 Å². The third kappa shape index (κ3) is 3.54. The highest BCUT2D eigenvalue weighted by atomic mass is 16.2. The van der Waals surface area contributed by atoms with Crippen molar-refractivity contribution < 1.29 is 9.59 Å². The Morgan fingerprint density at radius 2 is 2.11 bits per heavy atom. The molecule has 142 valence electrons. The van der Waals surface area contributed by atoms with Gasteiger partial charge < -0.3 is 15.5 Å². The minimum atomic E-state index is -0.378. The zero-order valence-corrected chi connectivity index (χ0v) is 15.8. The summed E-state index contributed by atoms with van der Waals surface area (Å²) in [4.78, 5) is 31.4. The maximum absolute atomic E-state index is 12.8. The molecule has 1 aromatic carbocycles. The Kier molecular flexibility index (Phi) is 4.83. The predicted molar refractivity (Wildman–Crippen MR) is 104 cm³/mol. The molecule has 0 aliphatic carbocycles. The molecule has 0 spiro atoms. The molecule has 3 atom stereocenters. The Morgan fingerprint density at radius 1 is 1.26 bits per heavy atom. The molecule has 2 amide bonds. The molecule has 2 aliphatic rings. The number of hydrogen-bond donors (Lipinski definition) is 2. The molecule has 0 bridgehead atoms. The standard InChI is InChI=1S/C21H26N4O2/c1-13(2)9-18-21(27)25-12-15(10-19(25)20(26)24-18)23-11-14-5-3-7-17-16(14)6-4-8-22-17/h3-8,13,15,18-19,23H,9-12H2,1-2H3,(H,24,26)/t15-,18+,19-/m0/s1. The van der Waals surface area contributed by atoms with Gasteiger partial charge in [0, 0.05) is 30.7 Å². The van der Waals surface area contributed by atoms with Crippen LogP contribution in [0.4, 0.5) is 0 Å². The summed E-state index contributed by atoms with van der Waals surface area (Å²) >= 11 is 0. The monoisotopic (exact) mass is 366 g/mol. The lowest BCUT2D eigenvalue weighted by Crippen LogP contribution is -2.61. The third-order valence-electron chi connectivity index (χ3n) is 5.53. The largest absolute Gasteiger partial charge is 0.342 e. The van der Waals surface area contributed by atoms with E-state index in [0.717, 1.165) is 10.9 Å². The Morgan fingerprint density at radius 3 is 2.93 bits per heavy atom. The second-order valence-electron chi connectivity index (χ2n) is 8.00. The number of nitrogens with zero attached hydrogens (tertiary/aromatic N) is 2. The maximum Gasteiger partial charge on any atom is 0.245 e. The van der Waals surface area contributed by atoms with Gasteiger partial charge in [-0.25, -0.2) is 0 Å². The lowest BCUT2D eigenvalue weighted by atomic mass is 9.99. The first-order valence-electron chi connectivity index (χ1n) is 9.70. The molecule has 2 saturated heterocycles. The van der Waals surface area contributed by atoms with Crippen LogP contribution in [0.15, 0.2) is 36.5 Å². The van der Waals surface area contributed by atoms with E-state index in [-0.39, 0.29) is 29.9 Å². The quantitative estimate of drug-likeness (QED) is 0.847. The van der Waals surface area contributed by atoms with Crippen LogP contribution in [-0.2, 0) is 16.1 Å². The van der Waals surface area contributed by atoms with Crippen molar-refractivity contribution in [3.8, 4) is 0 Å². The highest BCUT2D eigenvalue weighted by molar-refractivity contribution is 5.97. The molecule has 3 heterocycles. The average molecular weight is 366 g/mol. The number of aromatic nitrogens is 1. The van der Waals surface area contributed by atoms with E-state index >= 15 is 0 Å². The first-order chi connectivity index (χ1) is 13.0. The maximum atomic E-state index is 12.8. The Bertz CT molecular complexity index is 861. The number of piperazine rings is 1. The lowest BCUT2D eigenvalue weighted by Gasteiger charge is -2.35. The average Bonchev–Trinajstić information content (AvgIpc) is 3.09. The molecule has 2 aromatic rings. The number of benzene rings is 1. The molecule has 0 saturated carbocycles. The summed E-state index contributed by atoms with van der Waals surface area (Å²) in [7, 11) is 0. The van der Waals surface area contributed by atoms with Gasteiger partial charge in [-0.1, -0.05) is 32.0 Å². The number of nitrogens with one attached hydrogen (secondary N) is 2. The predicted octanol–water partition coefficient (Wildman–Crippen LogP) is 1.84. The van der Waals surface area contributed by atoms with E-state index < -0.39 is 0 Å². The SMILES string of the molecule is CC(C)C[C@H]1NC(=O)[C@@H]2C[C@H](NCc3cccc4ncccc34)CN2C1=O. The summed E-state index contributed by atoms with van der Waals surface area (Å²) < 4.78 is 0. The van der Waals surface area contributed by atoms with Gasteiger partial charge >= 0.3 is 0 Å². The van der Waals surface area contributed by atoms with Crippen LogP contribution in [0.1, 0.15) is 32.3 Å². The Balaban J connectivity index is 1.43. The van der Waals surface area contributed by atoms with E-state index in [1.54, 1.807) is 11.1 Å². The van der Waals surface area contributed by atoms with Crippen LogP contribution in [0.3, 0.4) is 0 Å². The van der Waals surface area contributed by atoms with Crippen LogP contribution in [0, 0.1) is 5.92 Å². The Hall–Kier alpha value is -2.47. The summed E-state index contributed by atoms with van der Waals surface area (Å²) in [5.74, 6) is 0.415. The molecule has 6 nitrogen and oxygen atoms in total. The zero-order valence-electron chi connectivity index (χ0n) is 15.8. The van der Waals surface area contributed by atoms with Crippen LogP contribution in [-0.4, -0.2) is 46.4 Å². The van der Waals surface area contributed by atoms with Crippen molar-refractivity contribution in [1.29, 1.82) is 0 Å². The summed E-state index contributed by atoms with van der Waals surface area (Å²) in [5.41, 5.74) is 2.16. The topological polar surface area (TPSA) is 74.3 Å². The molecule has 0 unspecified atom stereocenters. The van der Waals surface area contributed by atoms with E-state index in [1.807, 2.05) is 18.2 Å². The highest BCUT2D eigenvalue weighted by Crippen LogP contribution is 2.25. The van der Waals surface area contributed by atoms with Gasteiger partial charge in [0.1, 0.15) is 12.1 Å². The van der Waals surface area contributed by atoms with Crippen molar-refractivity contribution in [2.24, 2.45) is 5.92 Å². The van der Waals surface area contributed by atoms with Gasteiger partial charge in [-0.2, -0.15) is 0 Å². The number of carbonyl (C=O) groups excluding carboxylic acids is 2. The Labute approximate surface area is 159 Å². The van der Waals surface area contributed by atoms with Crippen molar-refractivity contribution in [2.75, 3.05) is 6.54 Å². The molecule has 6 heteroatoms. The molecule has 27 heavy (non-hydrogen) atoms. The minimum absolute atomic E-state index is 0.0149. The second-order valence-corrected chi connectivity index (χ2v) is 8.00. The molecule has 2 fully saturated rings. The summed E-state index contributed by atoms with van der Waals surface area (Å²) in [6, 6.07) is 9.53. The number of carbonyl (C=O) groups is 2. The van der Waals surface area contributed by atoms with Crippen molar-refractivity contribution in [1.82, 2.24) is 20.5 Å². The van der Waals surface area contributed by atoms with Crippen LogP contribution in [0.2, 0.25) is 0 Å². The van der Waals surface area contributed by atoms with E-state index in [0.29, 0.717) is 31.8 Å². The molecule has 0 radical (unpaired) electrons. The van der Waals surface area contributed by atoms with Crippen LogP contribution in [0.5, 0.6) is 0 Å². The number of fused-ring (bicyclic) bond motifs is 2. The van der Waals surface area contributed by atoms with E-state index in [1.165, 1.54) is 5.56 Å². The summed E-state index contributed by atoms with van der Waals surface area (Å²) in [6.45, 7) is 5.42. The smallest absolute Gasteiger partial charge is 0.245 e. The van der Waals surface area contributed by atoms with Gasteiger partial charge in [-0.05, 0) is 36.5 Å². The minimum Gasteiger partial charge on any atom is -0.342 e. The normalized spacial score (nSPS) is 25.1. The molecule has 2 aliphatic heterocycles. The second kappa shape index (κ2) is 7.27. The van der Waals surface area contributed by atoms with Crippen molar-refractivity contribution in [2.45, 2.75) is 51.4 Å².